The number of para-hydroxylation sites is 1. The maximum Gasteiger partial charge on any atom is 0.249 e. The molecule has 1 aliphatic rings. The van der Waals surface area contributed by atoms with Gasteiger partial charge in [0.25, 0.3) is 0 Å². The summed E-state index contributed by atoms with van der Waals surface area (Å²) in [6.45, 7) is 4.24. The van der Waals surface area contributed by atoms with Crippen molar-refractivity contribution < 1.29 is 4.42 Å². The lowest BCUT2D eigenvalue weighted by Crippen LogP contribution is -2.46. The van der Waals surface area contributed by atoms with Crippen molar-refractivity contribution in [2.75, 3.05) is 31.1 Å². The zero-order valence-electron chi connectivity index (χ0n) is 15.3. The fourth-order valence-corrected chi connectivity index (χ4v) is 3.48. The van der Waals surface area contributed by atoms with Crippen LogP contribution < -0.4 is 4.90 Å². The summed E-state index contributed by atoms with van der Waals surface area (Å²) in [6.07, 6.45) is 5.09. The van der Waals surface area contributed by atoms with Crippen LogP contribution in [0.3, 0.4) is 0 Å². The largest absolute Gasteiger partial charge is 0.419 e. The van der Waals surface area contributed by atoms with Gasteiger partial charge in [0.15, 0.2) is 0 Å². The zero-order chi connectivity index (χ0) is 18.8. The maximum absolute atomic E-state index is 5.80. The van der Waals surface area contributed by atoms with Crippen LogP contribution in [0, 0.1) is 0 Å². The minimum Gasteiger partial charge on any atom is -0.419 e. The molecule has 8 nitrogen and oxygen atoms in total. The van der Waals surface area contributed by atoms with Crippen molar-refractivity contribution >= 4 is 16.7 Å². The van der Waals surface area contributed by atoms with E-state index in [1.807, 2.05) is 30.3 Å². The van der Waals surface area contributed by atoms with E-state index in [1.165, 1.54) is 0 Å². The number of anilines is 1. The highest BCUT2D eigenvalue weighted by molar-refractivity contribution is 5.89. The summed E-state index contributed by atoms with van der Waals surface area (Å²) in [5, 5.41) is 9.42. The molecule has 0 unspecified atom stereocenters. The second kappa shape index (κ2) is 7.32. The third-order valence-electron chi connectivity index (χ3n) is 4.93. The van der Waals surface area contributed by atoms with Crippen LogP contribution in [-0.4, -0.2) is 56.2 Å². The van der Waals surface area contributed by atoms with Crippen LogP contribution >= 0.6 is 0 Å². The van der Waals surface area contributed by atoms with E-state index in [0.717, 1.165) is 48.5 Å². The van der Waals surface area contributed by atoms with E-state index in [1.54, 1.807) is 18.7 Å². The molecule has 140 valence electrons. The monoisotopic (exact) mass is 373 g/mol. The lowest BCUT2D eigenvalue weighted by molar-refractivity contribution is 0.226. The van der Waals surface area contributed by atoms with Crippen LogP contribution in [0.1, 0.15) is 5.89 Å². The Labute approximate surface area is 161 Å². The Kier molecular flexibility index (Phi) is 4.38. The van der Waals surface area contributed by atoms with E-state index < -0.39 is 0 Å². The Bertz CT molecular complexity index is 1070. The smallest absolute Gasteiger partial charge is 0.249 e. The van der Waals surface area contributed by atoms with Crippen molar-refractivity contribution in [3.8, 4) is 11.5 Å². The molecule has 0 atom stereocenters. The number of hydrogen-bond acceptors (Lipinski definition) is 8. The summed E-state index contributed by atoms with van der Waals surface area (Å²) in [6, 6.07) is 11.9. The number of aromatic nitrogens is 5. The number of piperazine rings is 1. The van der Waals surface area contributed by atoms with Gasteiger partial charge in [-0.25, -0.2) is 9.97 Å². The first-order chi connectivity index (χ1) is 13.9. The van der Waals surface area contributed by atoms with Crippen molar-refractivity contribution in [3.05, 3.63) is 61.0 Å². The topological polar surface area (TPSA) is 84.1 Å². The SMILES string of the molecule is c1cncc(-c2nnc(CN3CCN(c4ncnc5ccccc45)CC3)o2)c1. The average Bonchev–Trinajstić information content (AvgIpc) is 3.23. The van der Waals surface area contributed by atoms with Gasteiger partial charge >= 0.3 is 0 Å². The molecule has 1 aromatic carbocycles. The second-order valence-corrected chi connectivity index (χ2v) is 6.72. The van der Waals surface area contributed by atoms with E-state index in [-0.39, 0.29) is 0 Å². The van der Waals surface area contributed by atoms with Crippen molar-refractivity contribution in [3.63, 3.8) is 0 Å². The number of fused-ring (bicyclic) bond motifs is 1. The summed E-state index contributed by atoms with van der Waals surface area (Å²) in [5.41, 5.74) is 1.81. The minimum atomic E-state index is 0.509. The number of hydrogen-bond donors (Lipinski definition) is 0. The predicted molar refractivity (Wildman–Crippen MR) is 105 cm³/mol. The van der Waals surface area contributed by atoms with Gasteiger partial charge in [-0.15, -0.1) is 10.2 Å². The van der Waals surface area contributed by atoms with E-state index in [9.17, 15) is 0 Å². The van der Waals surface area contributed by atoms with Crippen LogP contribution in [0.4, 0.5) is 5.82 Å². The van der Waals surface area contributed by atoms with Gasteiger partial charge in [-0.2, -0.15) is 0 Å². The highest BCUT2D eigenvalue weighted by Gasteiger charge is 2.21. The zero-order valence-corrected chi connectivity index (χ0v) is 15.3. The standard InChI is InChI=1S/C20H19N7O/c1-2-6-17-16(5-1)19(23-14-22-17)27-10-8-26(9-11-27)13-18-24-25-20(28-18)15-4-3-7-21-12-15/h1-7,12,14H,8-11,13H2. The van der Waals surface area contributed by atoms with Gasteiger partial charge in [0.1, 0.15) is 12.1 Å². The lowest BCUT2D eigenvalue weighted by Gasteiger charge is -2.35. The van der Waals surface area contributed by atoms with Crippen LogP contribution in [0.2, 0.25) is 0 Å². The Morgan fingerprint density at radius 2 is 1.82 bits per heavy atom. The van der Waals surface area contributed by atoms with E-state index in [2.05, 4.69) is 41.0 Å². The van der Waals surface area contributed by atoms with Crippen molar-refractivity contribution in [2.24, 2.45) is 0 Å². The van der Waals surface area contributed by atoms with E-state index in [4.69, 9.17) is 4.42 Å². The Hall–Kier alpha value is -3.39. The van der Waals surface area contributed by atoms with Gasteiger partial charge in [-0.05, 0) is 24.3 Å². The van der Waals surface area contributed by atoms with Gasteiger partial charge in [-0.3, -0.25) is 9.88 Å². The lowest BCUT2D eigenvalue weighted by atomic mass is 10.2. The fraction of sp³-hybridized carbons (Fsp3) is 0.250. The molecule has 3 aromatic heterocycles. The summed E-state index contributed by atoms with van der Waals surface area (Å²) < 4.78 is 5.80. The molecule has 0 amide bonds. The quantitative estimate of drug-likeness (QED) is 0.539. The van der Waals surface area contributed by atoms with Crippen LogP contribution in [-0.2, 0) is 6.54 Å². The molecule has 0 spiro atoms. The maximum atomic E-state index is 5.80. The summed E-state index contributed by atoms with van der Waals surface area (Å²) >= 11 is 0. The van der Waals surface area contributed by atoms with Gasteiger partial charge in [0.05, 0.1) is 17.6 Å². The van der Waals surface area contributed by atoms with Gasteiger partial charge < -0.3 is 9.32 Å². The first-order valence-corrected chi connectivity index (χ1v) is 9.27. The van der Waals surface area contributed by atoms with Gasteiger partial charge in [0.2, 0.25) is 11.8 Å². The number of benzene rings is 1. The van der Waals surface area contributed by atoms with Crippen molar-refractivity contribution in [2.45, 2.75) is 6.54 Å². The molecule has 5 rings (SSSR count). The predicted octanol–water partition coefficient (Wildman–Crippen LogP) is 2.40. The molecule has 0 radical (unpaired) electrons. The third kappa shape index (κ3) is 3.29. The summed E-state index contributed by atoms with van der Waals surface area (Å²) in [5.74, 6) is 2.14. The molecule has 4 aromatic rings. The van der Waals surface area contributed by atoms with Gasteiger partial charge in [-0.1, -0.05) is 12.1 Å². The molecular formula is C20H19N7O. The van der Waals surface area contributed by atoms with Crippen molar-refractivity contribution in [1.29, 1.82) is 0 Å². The molecule has 1 aliphatic heterocycles. The Morgan fingerprint density at radius 1 is 0.929 bits per heavy atom. The first-order valence-electron chi connectivity index (χ1n) is 9.27. The summed E-state index contributed by atoms with van der Waals surface area (Å²) in [7, 11) is 0. The Balaban J connectivity index is 1.25. The minimum absolute atomic E-state index is 0.509. The number of nitrogens with zero attached hydrogens (tertiary/aromatic N) is 7. The number of rotatable bonds is 4. The molecule has 0 bridgehead atoms. The first kappa shape index (κ1) is 16.8. The fourth-order valence-electron chi connectivity index (χ4n) is 3.48. The highest BCUT2D eigenvalue weighted by Crippen LogP contribution is 2.24. The molecule has 0 N–H and O–H groups in total. The van der Waals surface area contributed by atoms with Crippen LogP contribution in [0.5, 0.6) is 0 Å². The molecule has 0 saturated carbocycles. The Morgan fingerprint density at radius 3 is 2.68 bits per heavy atom. The molecule has 8 heteroatoms. The van der Waals surface area contributed by atoms with E-state index >= 15 is 0 Å². The molecule has 1 fully saturated rings. The van der Waals surface area contributed by atoms with Crippen LogP contribution in [0.15, 0.2) is 59.5 Å². The third-order valence-corrected chi connectivity index (χ3v) is 4.93. The molecule has 1 saturated heterocycles. The molecule has 4 heterocycles. The normalized spacial score (nSPS) is 15.2. The number of pyridine rings is 1. The summed E-state index contributed by atoms with van der Waals surface area (Å²) in [4.78, 5) is 17.6. The average molecular weight is 373 g/mol. The molecule has 0 aliphatic carbocycles. The molecule has 28 heavy (non-hydrogen) atoms. The second-order valence-electron chi connectivity index (χ2n) is 6.72. The highest BCUT2D eigenvalue weighted by atomic mass is 16.4. The van der Waals surface area contributed by atoms with Crippen LogP contribution in [0.25, 0.3) is 22.4 Å². The van der Waals surface area contributed by atoms with Gasteiger partial charge in [0, 0.05) is 44.0 Å². The van der Waals surface area contributed by atoms with Crippen molar-refractivity contribution in [1.82, 2.24) is 30.0 Å². The van der Waals surface area contributed by atoms with E-state index in [0.29, 0.717) is 18.3 Å². The molecular weight excluding hydrogens is 354 g/mol.